The molecule has 15 heavy (non-hydrogen) atoms. The lowest BCUT2D eigenvalue weighted by atomic mass is 10.3. The summed E-state index contributed by atoms with van der Waals surface area (Å²) < 4.78 is 36.6. The summed E-state index contributed by atoms with van der Waals surface area (Å²) in [6.07, 6.45) is 0. The lowest BCUT2D eigenvalue weighted by Crippen LogP contribution is -2.06. The van der Waals surface area contributed by atoms with Gasteiger partial charge in [0.05, 0.1) is 0 Å². The highest BCUT2D eigenvalue weighted by Crippen LogP contribution is 2.11. The van der Waals surface area contributed by atoms with Gasteiger partial charge in [-0.15, -0.1) is 0 Å². The van der Waals surface area contributed by atoms with Gasteiger partial charge in [-0.05, 0) is 24.3 Å². The van der Waals surface area contributed by atoms with Crippen LogP contribution in [0.2, 0.25) is 0 Å². The normalized spacial score (nSPS) is 10.1. The summed E-state index contributed by atoms with van der Waals surface area (Å²) in [4.78, 5) is 0. The molecule has 8 heteroatoms. The highest BCUT2D eigenvalue weighted by Gasteiger charge is 1.88. The molecular weight excluding hydrogens is 224 g/mol. The summed E-state index contributed by atoms with van der Waals surface area (Å²) in [7, 11) is -4.67. The van der Waals surface area contributed by atoms with Crippen molar-refractivity contribution in [3.05, 3.63) is 24.3 Å². The molecule has 0 atom stereocenters. The van der Waals surface area contributed by atoms with Gasteiger partial charge in [0.1, 0.15) is 12.5 Å². The molecule has 0 aliphatic heterocycles. The maximum absolute atomic E-state index is 8.74. The molecule has 0 saturated carbocycles. The third kappa shape index (κ3) is 10.6. The van der Waals surface area contributed by atoms with Gasteiger partial charge in [0, 0.05) is 5.69 Å². The molecule has 7 nitrogen and oxygen atoms in total. The van der Waals surface area contributed by atoms with Gasteiger partial charge in [-0.1, -0.05) is 0 Å². The van der Waals surface area contributed by atoms with Gasteiger partial charge in [0.15, 0.2) is 0 Å². The molecule has 1 aromatic rings. The first-order valence-electron chi connectivity index (χ1n) is 3.71. The van der Waals surface area contributed by atoms with E-state index in [1.807, 2.05) is 0 Å². The average Bonchev–Trinajstić information content (AvgIpc) is 2.06. The first kappa shape index (κ1) is 13.7. The van der Waals surface area contributed by atoms with Crippen LogP contribution in [0.5, 0.6) is 5.75 Å². The highest BCUT2D eigenvalue weighted by molar-refractivity contribution is 7.79. The molecule has 6 N–H and O–H groups in total. The van der Waals surface area contributed by atoms with E-state index in [4.69, 9.17) is 33.7 Å². The molecule has 0 radical (unpaired) electrons. The number of ether oxygens (including phenoxy) is 1. The van der Waals surface area contributed by atoms with Crippen LogP contribution in [-0.2, 0) is 10.4 Å². The van der Waals surface area contributed by atoms with Crippen LogP contribution >= 0.6 is 0 Å². The molecule has 0 amide bonds. The molecule has 1 aromatic carbocycles. The van der Waals surface area contributed by atoms with Crippen LogP contribution < -0.4 is 16.2 Å². The fraction of sp³-hybridized carbons (Fsp3) is 0.143. The van der Waals surface area contributed by atoms with Crippen LogP contribution in [0.4, 0.5) is 5.69 Å². The van der Waals surface area contributed by atoms with Crippen molar-refractivity contribution in [1.29, 1.82) is 0 Å². The van der Waals surface area contributed by atoms with Gasteiger partial charge in [0.2, 0.25) is 0 Å². The van der Waals surface area contributed by atoms with E-state index >= 15 is 0 Å². The zero-order valence-electron chi connectivity index (χ0n) is 7.70. The molecule has 0 spiro atoms. The number of benzene rings is 1. The summed E-state index contributed by atoms with van der Waals surface area (Å²) in [5, 5.41) is 0. The SMILES string of the molecule is NCOc1ccc(N)cc1.O=S(=O)(O)O. The van der Waals surface area contributed by atoms with E-state index in [1.165, 1.54) is 0 Å². The molecule has 0 aromatic heterocycles. The zero-order valence-corrected chi connectivity index (χ0v) is 8.52. The Morgan fingerprint density at radius 2 is 1.60 bits per heavy atom. The lowest BCUT2D eigenvalue weighted by molar-refractivity contribution is 0.330. The van der Waals surface area contributed by atoms with E-state index in [-0.39, 0.29) is 6.73 Å². The topological polar surface area (TPSA) is 136 Å². The van der Waals surface area contributed by atoms with Gasteiger partial charge in [-0.25, -0.2) is 0 Å². The van der Waals surface area contributed by atoms with Crippen molar-refractivity contribution in [2.24, 2.45) is 5.73 Å². The molecule has 0 bridgehead atoms. The van der Waals surface area contributed by atoms with Crippen molar-refractivity contribution < 1.29 is 22.3 Å². The van der Waals surface area contributed by atoms with Crippen LogP contribution in [0.15, 0.2) is 24.3 Å². The van der Waals surface area contributed by atoms with Crippen LogP contribution in [0.1, 0.15) is 0 Å². The third-order valence-electron chi connectivity index (χ3n) is 1.13. The van der Waals surface area contributed by atoms with Crippen LogP contribution in [0.3, 0.4) is 0 Å². The molecule has 0 fully saturated rings. The molecule has 0 aliphatic rings. The monoisotopic (exact) mass is 236 g/mol. The quantitative estimate of drug-likeness (QED) is 0.320. The summed E-state index contributed by atoms with van der Waals surface area (Å²) in [6, 6.07) is 7.10. The minimum absolute atomic E-state index is 0.198. The third-order valence-corrected chi connectivity index (χ3v) is 1.13. The van der Waals surface area contributed by atoms with E-state index in [0.717, 1.165) is 11.4 Å². The zero-order chi connectivity index (χ0) is 11.9. The Hall–Kier alpha value is -1.35. The lowest BCUT2D eigenvalue weighted by Gasteiger charge is -2.00. The van der Waals surface area contributed by atoms with E-state index in [9.17, 15) is 0 Å². The van der Waals surface area contributed by atoms with Crippen LogP contribution in [0, 0.1) is 0 Å². The van der Waals surface area contributed by atoms with Gasteiger partial charge < -0.3 is 10.5 Å². The van der Waals surface area contributed by atoms with Crippen molar-refractivity contribution in [3.63, 3.8) is 0 Å². The number of hydrogen-bond donors (Lipinski definition) is 4. The van der Waals surface area contributed by atoms with E-state index < -0.39 is 10.4 Å². The minimum atomic E-state index is -4.67. The highest BCUT2D eigenvalue weighted by atomic mass is 32.3. The Bertz CT molecular complexity index is 367. The number of rotatable bonds is 2. The van der Waals surface area contributed by atoms with Gasteiger partial charge in [-0.3, -0.25) is 14.8 Å². The molecule has 0 unspecified atom stereocenters. The second-order valence-corrected chi connectivity index (χ2v) is 3.22. The largest absolute Gasteiger partial charge is 0.479 e. The summed E-state index contributed by atoms with van der Waals surface area (Å²) >= 11 is 0. The Morgan fingerprint density at radius 3 is 1.93 bits per heavy atom. The van der Waals surface area contributed by atoms with Gasteiger partial charge >= 0.3 is 10.4 Å². The first-order chi connectivity index (χ1) is 6.83. The fourth-order valence-corrected chi connectivity index (χ4v) is 0.660. The number of nitrogens with two attached hydrogens (primary N) is 2. The van der Waals surface area contributed by atoms with E-state index in [2.05, 4.69) is 0 Å². The van der Waals surface area contributed by atoms with Crippen molar-refractivity contribution >= 4 is 16.1 Å². The summed E-state index contributed by atoms with van der Waals surface area (Å²) in [6.45, 7) is 0.198. The Balaban J connectivity index is 0.000000336. The van der Waals surface area contributed by atoms with Crippen molar-refractivity contribution in [1.82, 2.24) is 0 Å². The van der Waals surface area contributed by atoms with Crippen LogP contribution in [0.25, 0.3) is 0 Å². The second-order valence-electron chi connectivity index (χ2n) is 2.33. The first-order valence-corrected chi connectivity index (χ1v) is 5.11. The minimum Gasteiger partial charge on any atom is -0.479 e. The maximum atomic E-state index is 8.74. The standard InChI is InChI=1S/C7H10N2O.H2O4S/c8-5-10-7-3-1-6(9)2-4-7;1-5(2,3)4/h1-4H,5,8-9H2;(H2,1,2,3,4). The number of nitrogen functional groups attached to an aromatic ring is 1. The Morgan fingerprint density at radius 1 is 1.20 bits per heavy atom. The number of anilines is 1. The molecular formula is C7H12N2O5S. The summed E-state index contributed by atoms with van der Waals surface area (Å²) in [5.41, 5.74) is 11.3. The Kier molecular flexibility index (Phi) is 5.64. The summed E-state index contributed by atoms with van der Waals surface area (Å²) in [5.74, 6) is 0.747. The van der Waals surface area contributed by atoms with Gasteiger partial charge in [0.25, 0.3) is 0 Å². The molecule has 1 rings (SSSR count). The smallest absolute Gasteiger partial charge is 0.394 e. The van der Waals surface area contributed by atoms with Crippen molar-refractivity contribution in [2.45, 2.75) is 0 Å². The Labute approximate surface area is 87.2 Å². The van der Waals surface area contributed by atoms with Crippen LogP contribution in [-0.4, -0.2) is 24.3 Å². The van der Waals surface area contributed by atoms with Gasteiger partial charge in [-0.2, -0.15) is 8.42 Å². The molecule has 0 aliphatic carbocycles. The number of hydrogen-bond acceptors (Lipinski definition) is 5. The predicted molar refractivity (Wildman–Crippen MR) is 54.7 cm³/mol. The maximum Gasteiger partial charge on any atom is 0.394 e. The molecule has 86 valence electrons. The fourth-order valence-electron chi connectivity index (χ4n) is 0.660. The molecule has 0 heterocycles. The van der Waals surface area contributed by atoms with E-state index in [1.54, 1.807) is 24.3 Å². The average molecular weight is 236 g/mol. The van der Waals surface area contributed by atoms with Crippen molar-refractivity contribution in [2.75, 3.05) is 12.5 Å². The predicted octanol–water partition coefficient (Wildman–Crippen LogP) is -0.0890. The van der Waals surface area contributed by atoms with E-state index in [0.29, 0.717) is 0 Å². The molecule has 0 saturated heterocycles. The van der Waals surface area contributed by atoms with Crippen molar-refractivity contribution in [3.8, 4) is 5.75 Å². The second kappa shape index (κ2) is 6.19.